The molecule has 0 saturated carbocycles. The zero-order chi connectivity index (χ0) is 13.7. The van der Waals surface area contributed by atoms with Crippen LogP contribution in [0, 0.1) is 12.7 Å². The van der Waals surface area contributed by atoms with Gasteiger partial charge in [0.05, 0.1) is 0 Å². The summed E-state index contributed by atoms with van der Waals surface area (Å²) in [5.41, 5.74) is 1.71. The molecule has 0 unspecified atom stereocenters. The van der Waals surface area contributed by atoms with Gasteiger partial charge < -0.3 is 10.4 Å². The fourth-order valence-electron chi connectivity index (χ4n) is 2.65. The Balaban J connectivity index is 2.17. The molecule has 2 N–H and O–H groups in total. The second kappa shape index (κ2) is 6.98. The first-order valence-corrected chi connectivity index (χ1v) is 7.04. The first-order chi connectivity index (χ1) is 9.22. The van der Waals surface area contributed by atoms with E-state index in [-0.39, 0.29) is 18.5 Å². The van der Waals surface area contributed by atoms with E-state index in [0.29, 0.717) is 5.56 Å². The largest absolute Gasteiger partial charge is 0.396 e. The Morgan fingerprint density at radius 2 is 2.11 bits per heavy atom. The average Bonchev–Trinajstić information content (AvgIpc) is 2.44. The van der Waals surface area contributed by atoms with Gasteiger partial charge in [-0.2, -0.15) is 0 Å². The average molecular weight is 266 g/mol. The maximum atomic E-state index is 13.7. The smallest absolute Gasteiger partial charge is 0.126 e. The standard InChI is InChI=1S/C15H23FN2O/c1-12-4-5-13(11-14(12)16)15(3-2-10-19)18-8-6-17-7-9-18/h4-5,11,15,17,19H,2-3,6-10H2,1H3/t15-/m1/s1. The number of nitrogens with one attached hydrogen (secondary N) is 1. The van der Waals surface area contributed by atoms with E-state index < -0.39 is 0 Å². The van der Waals surface area contributed by atoms with Crippen LogP contribution in [0.2, 0.25) is 0 Å². The molecule has 1 aliphatic rings. The Morgan fingerprint density at radius 3 is 2.74 bits per heavy atom. The fraction of sp³-hybridized carbons (Fsp3) is 0.600. The summed E-state index contributed by atoms with van der Waals surface area (Å²) in [5.74, 6) is -0.137. The minimum Gasteiger partial charge on any atom is -0.396 e. The zero-order valence-corrected chi connectivity index (χ0v) is 11.5. The normalized spacial score (nSPS) is 18.5. The SMILES string of the molecule is Cc1ccc([C@@H](CCCO)N2CCNCC2)cc1F. The maximum Gasteiger partial charge on any atom is 0.126 e. The van der Waals surface area contributed by atoms with Gasteiger partial charge in [-0.05, 0) is 37.0 Å². The summed E-state index contributed by atoms with van der Waals surface area (Å²) in [6.45, 7) is 5.88. The Labute approximate surface area is 114 Å². The molecule has 1 saturated heterocycles. The molecule has 19 heavy (non-hydrogen) atoms. The van der Waals surface area contributed by atoms with Gasteiger partial charge in [0.2, 0.25) is 0 Å². The van der Waals surface area contributed by atoms with E-state index in [0.717, 1.165) is 44.6 Å². The van der Waals surface area contributed by atoms with Crippen molar-refractivity contribution in [1.82, 2.24) is 10.2 Å². The molecule has 2 rings (SSSR count). The number of rotatable bonds is 5. The highest BCUT2D eigenvalue weighted by atomic mass is 19.1. The molecule has 0 aromatic heterocycles. The molecule has 1 atom stereocenters. The van der Waals surface area contributed by atoms with Crippen LogP contribution in [0.4, 0.5) is 4.39 Å². The number of piperazine rings is 1. The zero-order valence-electron chi connectivity index (χ0n) is 11.5. The first-order valence-electron chi connectivity index (χ1n) is 7.04. The molecule has 0 spiro atoms. The Kier molecular flexibility index (Phi) is 5.31. The van der Waals surface area contributed by atoms with Crippen molar-refractivity contribution in [2.75, 3.05) is 32.8 Å². The van der Waals surface area contributed by atoms with Crippen LogP contribution in [-0.2, 0) is 0 Å². The molecule has 0 bridgehead atoms. The second-order valence-electron chi connectivity index (χ2n) is 5.18. The van der Waals surface area contributed by atoms with E-state index >= 15 is 0 Å². The number of hydrogen-bond acceptors (Lipinski definition) is 3. The minimum atomic E-state index is -0.137. The van der Waals surface area contributed by atoms with Gasteiger partial charge >= 0.3 is 0 Å². The van der Waals surface area contributed by atoms with Crippen LogP contribution in [0.25, 0.3) is 0 Å². The summed E-state index contributed by atoms with van der Waals surface area (Å²) in [6.07, 6.45) is 1.63. The lowest BCUT2D eigenvalue weighted by Crippen LogP contribution is -2.45. The van der Waals surface area contributed by atoms with E-state index in [1.54, 1.807) is 13.0 Å². The molecule has 0 amide bonds. The molecule has 0 radical (unpaired) electrons. The third kappa shape index (κ3) is 3.75. The van der Waals surface area contributed by atoms with Gasteiger partial charge in [-0.3, -0.25) is 4.90 Å². The van der Waals surface area contributed by atoms with Crippen LogP contribution >= 0.6 is 0 Å². The van der Waals surface area contributed by atoms with Crippen molar-refractivity contribution in [3.8, 4) is 0 Å². The second-order valence-corrected chi connectivity index (χ2v) is 5.18. The molecular weight excluding hydrogens is 243 g/mol. The van der Waals surface area contributed by atoms with Crippen molar-refractivity contribution >= 4 is 0 Å². The number of nitrogens with zero attached hydrogens (tertiary/aromatic N) is 1. The van der Waals surface area contributed by atoms with Crippen LogP contribution in [0.3, 0.4) is 0 Å². The lowest BCUT2D eigenvalue weighted by Gasteiger charge is -2.35. The van der Waals surface area contributed by atoms with Gasteiger partial charge in [-0.15, -0.1) is 0 Å². The first kappa shape index (κ1) is 14.4. The van der Waals surface area contributed by atoms with Crippen molar-refractivity contribution in [1.29, 1.82) is 0 Å². The fourth-order valence-corrected chi connectivity index (χ4v) is 2.65. The molecule has 1 aromatic rings. The van der Waals surface area contributed by atoms with E-state index in [1.807, 2.05) is 12.1 Å². The van der Waals surface area contributed by atoms with Crippen LogP contribution in [0.1, 0.15) is 30.0 Å². The van der Waals surface area contributed by atoms with Gasteiger partial charge in [0.25, 0.3) is 0 Å². The third-order valence-corrected chi connectivity index (χ3v) is 3.81. The third-order valence-electron chi connectivity index (χ3n) is 3.81. The van der Waals surface area contributed by atoms with Crippen molar-refractivity contribution in [3.63, 3.8) is 0 Å². The highest BCUT2D eigenvalue weighted by Gasteiger charge is 2.22. The van der Waals surface area contributed by atoms with Crippen molar-refractivity contribution in [3.05, 3.63) is 35.1 Å². The predicted octanol–water partition coefficient (Wildman–Crippen LogP) is 1.85. The monoisotopic (exact) mass is 266 g/mol. The van der Waals surface area contributed by atoms with Gasteiger partial charge in [-0.1, -0.05) is 12.1 Å². The van der Waals surface area contributed by atoms with Crippen LogP contribution in [-0.4, -0.2) is 42.8 Å². The summed E-state index contributed by atoms with van der Waals surface area (Å²) >= 11 is 0. The summed E-state index contributed by atoms with van der Waals surface area (Å²) in [7, 11) is 0. The van der Waals surface area contributed by atoms with Crippen molar-refractivity contribution < 1.29 is 9.50 Å². The van der Waals surface area contributed by atoms with Crippen molar-refractivity contribution in [2.45, 2.75) is 25.8 Å². The quantitative estimate of drug-likeness (QED) is 0.854. The topological polar surface area (TPSA) is 35.5 Å². The number of aliphatic hydroxyl groups excluding tert-OH is 1. The van der Waals surface area contributed by atoms with Gasteiger partial charge in [0, 0.05) is 38.8 Å². The number of aryl methyl sites for hydroxylation is 1. The number of halogens is 1. The molecule has 1 fully saturated rings. The minimum absolute atomic E-state index is 0.137. The van der Waals surface area contributed by atoms with Gasteiger partial charge in [-0.25, -0.2) is 4.39 Å². The molecule has 4 heteroatoms. The highest BCUT2D eigenvalue weighted by molar-refractivity contribution is 5.26. The van der Waals surface area contributed by atoms with E-state index in [4.69, 9.17) is 5.11 Å². The highest BCUT2D eigenvalue weighted by Crippen LogP contribution is 2.27. The molecule has 106 valence electrons. The Hall–Kier alpha value is -0.970. The molecule has 0 aliphatic carbocycles. The summed E-state index contributed by atoms with van der Waals surface area (Å²) in [4.78, 5) is 2.39. The lowest BCUT2D eigenvalue weighted by atomic mass is 9.98. The summed E-state index contributed by atoms with van der Waals surface area (Å²) in [6, 6.07) is 5.73. The van der Waals surface area contributed by atoms with Crippen LogP contribution < -0.4 is 5.32 Å². The van der Waals surface area contributed by atoms with Gasteiger partial charge in [0.15, 0.2) is 0 Å². The van der Waals surface area contributed by atoms with Crippen molar-refractivity contribution in [2.24, 2.45) is 0 Å². The lowest BCUT2D eigenvalue weighted by molar-refractivity contribution is 0.154. The Bertz CT molecular complexity index is 405. The molecule has 3 nitrogen and oxygen atoms in total. The number of benzene rings is 1. The number of hydrogen-bond donors (Lipinski definition) is 2. The maximum absolute atomic E-state index is 13.7. The molecular formula is C15H23FN2O. The van der Waals surface area contributed by atoms with E-state index in [9.17, 15) is 4.39 Å². The van der Waals surface area contributed by atoms with Gasteiger partial charge in [0.1, 0.15) is 5.82 Å². The molecule has 1 aliphatic heterocycles. The predicted molar refractivity (Wildman–Crippen MR) is 74.6 cm³/mol. The summed E-state index contributed by atoms with van der Waals surface area (Å²) < 4.78 is 13.7. The molecule has 1 heterocycles. The van der Waals surface area contributed by atoms with E-state index in [1.165, 1.54) is 0 Å². The van der Waals surface area contributed by atoms with E-state index in [2.05, 4.69) is 10.2 Å². The summed E-state index contributed by atoms with van der Waals surface area (Å²) in [5, 5.41) is 12.4. The van der Waals surface area contributed by atoms with Crippen LogP contribution in [0.5, 0.6) is 0 Å². The Morgan fingerprint density at radius 1 is 1.37 bits per heavy atom. The van der Waals surface area contributed by atoms with Crippen LogP contribution in [0.15, 0.2) is 18.2 Å². The number of aliphatic hydroxyl groups is 1. The molecule has 1 aromatic carbocycles.